The average Bonchev–Trinajstić information content (AvgIpc) is 2.76. The third kappa shape index (κ3) is 2.76. The first-order valence-corrected chi connectivity index (χ1v) is 9.19. The quantitative estimate of drug-likeness (QED) is 0.658. The van der Waals surface area contributed by atoms with Gasteiger partial charge in [0.1, 0.15) is 0 Å². The van der Waals surface area contributed by atoms with Crippen LogP contribution < -0.4 is 29.2 Å². The van der Waals surface area contributed by atoms with E-state index >= 15 is 0 Å². The Bertz CT molecular complexity index is 1160. The highest BCUT2D eigenvalue weighted by Crippen LogP contribution is 2.48. The first kappa shape index (κ1) is 19.0. The highest BCUT2D eigenvalue weighted by atomic mass is 16.5. The first-order chi connectivity index (χ1) is 14.1. The molecule has 0 atom stereocenters. The molecule has 0 N–H and O–H groups in total. The molecule has 0 saturated heterocycles. The molecule has 0 unspecified atom stereocenters. The molecule has 0 bridgehead atoms. The lowest BCUT2D eigenvalue weighted by Gasteiger charge is -2.26. The lowest BCUT2D eigenvalue weighted by Crippen LogP contribution is -2.26. The van der Waals surface area contributed by atoms with Crippen molar-refractivity contribution in [2.24, 2.45) is 0 Å². The van der Waals surface area contributed by atoms with Crippen LogP contribution in [0.15, 0.2) is 29.1 Å². The molecule has 2 heterocycles. The Morgan fingerprint density at radius 2 is 1.41 bits per heavy atom. The summed E-state index contributed by atoms with van der Waals surface area (Å²) in [6.07, 6.45) is 0.678. The minimum Gasteiger partial charge on any atom is -0.493 e. The van der Waals surface area contributed by atoms with Crippen molar-refractivity contribution in [3.8, 4) is 40.0 Å². The van der Waals surface area contributed by atoms with Crippen LogP contribution in [0.3, 0.4) is 0 Å². The fraction of sp³-hybridized carbons (Fsp3) is 0.318. The Balaban J connectivity index is 2.08. The smallest absolute Gasteiger partial charge is 0.259 e. The minimum atomic E-state index is -0.0825. The normalized spacial score (nSPS) is 12.2. The summed E-state index contributed by atoms with van der Waals surface area (Å²) < 4.78 is 29.3. The standard InChI is InChI=1S/C22H23NO6/c1-25-16-10-13-8-15-19-12(9-18(27-3)20(28-4)21(19)29-5)6-7-23(15)22(24)14(13)11-17(16)26-2/h8-11H,6-7H2,1-5H3. The molecule has 4 rings (SSSR count). The molecule has 7 nitrogen and oxygen atoms in total. The number of ether oxygens (including phenoxy) is 5. The van der Waals surface area contributed by atoms with Crippen molar-refractivity contribution in [2.75, 3.05) is 35.5 Å². The lowest BCUT2D eigenvalue weighted by molar-refractivity contribution is 0.324. The van der Waals surface area contributed by atoms with E-state index in [-0.39, 0.29) is 5.56 Å². The predicted octanol–water partition coefficient (Wildman–Crippen LogP) is 3.27. The van der Waals surface area contributed by atoms with Gasteiger partial charge in [-0.15, -0.1) is 0 Å². The Hall–Kier alpha value is -3.35. The number of nitrogens with zero attached hydrogens (tertiary/aromatic N) is 1. The Morgan fingerprint density at radius 3 is 2.03 bits per heavy atom. The molecule has 3 aromatic rings. The van der Waals surface area contributed by atoms with Crippen molar-refractivity contribution < 1.29 is 23.7 Å². The molecule has 1 aliphatic heterocycles. The van der Waals surface area contributed by atoms with E-state index in [1.165, 1.54) is 0 Å². The zero-order valence-corrected chi connectivity index (χ0v) is 17.1. The lowest BCUT2D eigenvalue weighted by atomic mass is 9.94. The van der Waals surface area contributed by atoms with Crippen LogP contribution >= 0.6 is 0 Å². The maximum absolute atomic E-state index is 13.3. The molecule has 29 heavy (non-hydrogen) atoms. The maximum atomic E-state index is 13.3. The van der Waals surface area contributed by atoms with Gasteiger partial charge in [-0.3, -0.25) is 4.79 Å². The van der Waals surface area contributed by atoms with E-state index in [1.807, 2.05) is 18.2 Å². The summed E-state index contributed by atoms with van der Waals surface area (Å²) in [5.74, 6) is 2.75. The van der Waals surface area contributed by atoms with Crippen molar-refractivity contribution in [1.29, 1.82) is 0 Å². The molecular weight excluding hydrogens is 374 g/mol. The van der Waals surface area contributed by atoms with Gasteiger partial charge in [0.25, 0.3) is 5.56 Å². The summed E-state index contributed by atoms with van der Waals surface area (Å²) in [5.41, 5.74) is 2.57. The molecule has 0 amide bonds. The number of methoxy groups -OCH3 is 5. The molecule has 0 radical (unpaired) electrons. The van der Waals surface area contributed by atoms with E-state index in [9.17, 15) is 4.79 Å². The van der Waals surface area contributed by atoms with Crippen molar-refractivity contribution >= 4 is 10.8 Å². The van der Waals surface area contributed by atoms with Crippen LogP contribution in [0.4, 0.5) is 0 Å². The zero-order valence-electron chi connectivity index (χ0n) is 17.1. The van der Waals surface area contributed by atoms with Gasteiger partial charge in [0.05, 0.1) is 46.6 Å². The monoisotopic (exact) mass is 397 g/mol. The second-order valence-electron chi connectivity index (χ2n) is 6.71. The van der Waals surface area contributed by atoms with Crippen LogP contribution in [-0.2, 0) is 13.0 Å². The molecule has 1 aliphatic rings. The third-order valence-corrected chi connectivity index (χ3v) is 5.39. The summed E-state index contributed by atoms with van der Waals surface area (Å²) in [6, 6.07) is 7.47. The summed E-state index contributed by atoms with van der Waals surface area (Å²) >= 11 is 0. The van der Waals surface area contributed by atoms with Crippen molar-refractivity contribution in [3.05, 3.63) is 40.2 Å². The Labute approximate surface area is 168 Å². The summed E-state index contributed by atoms with van der Waals surface area (Å²) in [6.45, 7) is 0.560. The van der Waals surface area contributed by atoms with Crippen LogP contribution in [-0.4, -0.2) is 40.1 Å². The van der Waals surface area contributed by atoms with Gasteiger partial charge in [-0.1, -0.05) is 0 Å². The molecule has 0 fully saturated rings. The van der Waals surface area contributed by atoms with Crippen LogP contribution in [0, 0.1) is 0 Å². The number of aryl methyl sites for hydroxylation is 1. The molecule has 0 spiro atoms. The molecule has 2 aromatic carbocycles. The van der Waals surface area contributed by atoms with Crippen LogP contribution in [0.25, 0.3) is 22.0 Å². The van der Waals surface area contributed by atoms with Crippen molar-refractivity contribution in [2.45, 2.75) is 13.0 Å². The number of hydrogen-bond donors (Lipinski definition) is 0. The summed E-state index contributed by atoms with van der Waals surface area (Å²) in [4.78, 5) is 13.3. The SMILES string of the molecule is COc1cc2cc3n(c(=O)c2cc1OC)CCc1cc(OC)c(OC)c(OC)c1-3. The predicted molar refractivity (Wildman–Crippen MR) is 110 cm³/mol. The van der Waals surface area contributed by atoms with E-state index in [0.29, 0.717) is 47.1 Å². The number of benzene rings is 2. The first-order valence-electron chi connectivity index (χ1n) is 9.19. The Morgan fingerprint density at radius 1 is 0.759 bits per heavy atom. The number of pyridine rings is 1. The number of rotatable bonds is 5. The van der Waals surface area contributed by atoms with E-state index in [1.54, 1.807) is 46.2 Å². The van der Waals surface area contributed by atoms with Gasteiger partial charge in [0.2, 0.25) is 5.75 Å². The highest BCUT2D eigenvalue weighted by molar-refractivity contribution is 5.91. The molecule has 0 aliphatic carbocycles. The van der Waals surface area contributed by atoms with Gasteiger partial charge in [0, 0.05) is 12.1 Å². The van der Waals surface area contributed by atoms with E-state index in [2.05, 4.69) is 0 Å². The molecular formula is C22H23NO6. The van der Waals surface area contributed by atoms with Crippen molar-refractivity contribution in [1.82, 2.24) is 4.57 Å². The van der Waals surface area contributed by atoms with Gasteiger partial charge in [0.15, 0.2) is 23.0 Å². The van der Waals surface area contributed by atoms with E-state index in [4.69, 9.17) is 23.7 Å². The van der Waals surface area contributed by atoms with Gasteiger partial charge in [-0.25, -0.2) is 0 Å². The maximum Gasteiger partial charge on any atom is 0.259 e. The molecule has 0 saturated carbocycles. The van der Waals surface area contributed by atoms with E-state index < -0.39 is 0 Å². The van der Waals surface area contributed by atoms with Gasteiger partial charge < -0.3 is 28.3 Å². The van der Waals surface area contributed by atoms with Gasteiger partial charge in [-0.2, -0.15) is 0 Å². The molecule has 1 aromatic heterocycles. The van der Waals surface area contributed by atoms with Crippen LogP contribution in [0.1, 0.15) is 5.56 Å². The summed E-state index contributed by atoms with van der Waals surface area (Å²) in [7, 11) is 7.88. The number of fused-ring (bicyclic) bond motifs is 4. The van der Waals surface area contributed by atoms with Gasteiger partial charge in [-0.05, 0) is 41.6 Å². The third-order valence-electron chi connectivity index (χ3n) is 5.39. The summed E-state index contributed by atoms with van der Waals surface area (Å²) in [5, 5.41) is 1.35. The fourth-order valence-corrected chi connectivity index (χ4v) is 4.03. The van der Waals surface area contributed by atoms with Crippen LogP contribution in [0.5, 0.6) is 28.7 Å². The largest absolute Gasteiger partial charge is 0.493 e. The molecule has 7 heteroatoms. The fourth-order valence-electron chi connectivity index (χ4n) is 4.03. The molecule has 152 valence electrons. The second-order valence-corrected chi connectivity index (χ2v) is 6.71. The zero-order chi connectivity index (χ0) is 20.7. The number of aromatic nitrogens is 1. The Kier molecular flexibility index (Phi) is 4.74. The van der Waals surface area contributed by atoms with Crippen LogP contribution in [0.2, 0.25) is 0 Å². The minimum absolute atomic E-state index is 0.0825. The average molecular weight is 397 g/mol. The topological polar surface area (TPSA) is 68.2 Å². The van der Waals surface area contributed by atoms with Gasteiger partial charge >= 0.3 is 0 Å². The number of hydrogen-bond acceptors (Lipinski definition) is 6. The second kappa shape index (κ2) is 7.24. The van der Waals surface area contributed by atoms with E-state index in [0.717, 1.165) is 22.2 Å². The van der Waals surface area contributed by atoms with Crippen molar-refractivity contribution in [3.63, 3.8) is 0 Å². The highest BCUT2D eigenvalue weighted by Gasteiger charge is 2.28.